The van der Waals surface area contributed by atoms with Gasteiger partial charge in [0.15, 0.2) is 0 Å². The molecule has 0 aliphatic heterocycles. The van der Waals surface area contributed by atoms with E-state index in [0.717, 1.165) is 5.56 Å². The summed E-state index contributed by atoms with van der Waals surface area (Å²) >= 11 is 5.80. The summed E-state index contributed by atoms with van der Waals surface area (Å²) in [4.78, 5) is 23.4. The third kappa shape index (κ3) is 4.60. The maximum absolute atomic E-state index is 12.0. The van der Waals surface area contributed by atoms with Crippen molar-refractivity contribution in [1.82, 2.24) is 0 Å². The Morgan fingerprint density at radius 2 is 1.64 bits per heavy atom. The Morgan fingerprint density at radius 3 is 2.32 bits per heavy atom. The summed E-state index contributed by atoms with van der Waals surface area (Å²) in [5, 5.41) is 0.612. The van der Waals surface area contributed by atoms with Crippen LogP contribution in [0.4, 0.5) is 0 Å². The van der Waals surface area contributed by atoms with E-state index in [1.807, 2.05) is 0 Å². The lowest BCUT2D eigenvalue weighted by atomic mass is 10.1. The first-order valence-corrected chi connectivity index (χ1v) is 7.06. The predicted molar refractivity (Wildman–Crippen MR) is 83.0 cm³/mol. The van der Waals surface area contributed by atoms with Crippen molar-refractivity contribution < 1.29 is 19.1 Å². The minimum absolute atomic E-state index is 0.0564. The van der Waals surface area contributed by atoms with Gasteiger partial charge in [-0.05, 0) is 23.8 Å². The minimum atomic E-state index is -0.403. The fourth-order valence-electron chi connectivity index (χ4n) is 1.90. The van der Waals surface area contributed by atoms with Crippen LogP contribution in [0.5, 0.6) is 5.75 Å². The smallest absolute Gasteiger partial charge is 0.315 e. The Kier molecular flexibility index (Phi) is 5.55. The minimum Gasteiger partial charge on any atom is -0.469 e. The first-order valence-electron chi connectivity index (χ1n) is 6.68. The second kappa shape index (κ2) is 7.61. The van der Waals surface area contributed by atoms with Crippen molar-refractivity contribution in [1.29, 1.82) is 0 Å². The Bertz CT molecular complexity index is 665. The topological polar surface area (TPSA) is 52.6 Å². The lowest BCUT2D eigenvalue weighted by Gasteiger charge is -2.09. The van der Waals surface area contributed by atoms with E-state index in [2.05, 4.69) is 4.74 Å². The molecule has 0 amide bonds. The molecule has 0 fully saturated rings. The first kappa shape index (κ1) is 16.0. The van der Waals surface area contributed by atoms with Crippen LogP contribution >= 0.6 is 11.6 Å². The summed E-state index contributed by atoms with van der Waals surface area (Å²) in [6.07, 6.45) is 0.185. The molecule has 4 nitrogen and oxygen atoms in total. The molecule has 2 aromatic rings. The Labute approximate surface area is 133 Å². The van der Waals surface area contributed by atoms with E-state index in [9.17, 15) is 9.59 Å². The van der Waals surface area contributed by atoms with Crippen LogP contribution in [0.25, 0.3) is 0 Å². The van der Waals surface area contributed by atoms with Gasteiger partial charge in [0.25, 0.3) is 0 Å². The normalized spacial score (nSPS) is 10.1. The summed E-state index contributed by atoms with van der Waals surface area (Å²) in [5.41, 5.74) is 1.42. The van der Waals surface area contributed by atoms with Crippen molar-refractivity contribution in [3.8, 4) is 5.75 Å². The molecule has 0 atom stereocenters. The molecule has 0 N–H and O–H groups in total. The van der Waals surface area contributed by atoms with Gasteiger partial charge < -0.3 is 9.47 Å². The summed E-state index contributed by atoms with van der Waals surface area (Å²) in [5.74, 6) is -0.423. The zero-order valence-electron chi connectivity index (χ0n) is 12.0. The van der Waals surface area contributed by atoms with E-state index in [0.29, 0.717) is 16.3 Å². The highest BCUT2D eigenvalue weighted by molar-refractivity contribution is 6.30. The number of carbonyl (C=O) groups is 2. The maximum atomic E-state index is 12.0. The van der Waals surface area contributed by atoms with Crippen LogP contribution in [0.3, 0.4) is 0 Å². The second-order valence-electron chi connectivity index (χ2n) is 4.64. The number of hydrogen-bond acceptors (Lipinski definition) is 4. The van der Waals surface area contributed by atoms with Gasteiger partial charge in [0.05, 0.1) is 20.0 Å². The fraction of sp³-hybridized carbons (Fsp3) is 0.176. The van der Waals surface area contributed by atoms with Gasteiger partial charge >= 0.3 is 11.9 Å². The van der Waals surface area contributed by atoms with E-state index in [4.69, 9.17) is 16.3 Å². The van der Waals surface area contributed by atoms with Crippen molar-refractivity contribution in [2.45, 2.75) is 12.8 Å². The van der Waals surface area contributed by atoms with Gasteiger partial charge in [0.2, 0.25) is 0 Å². The second-order valence-corrected chi connectivity index (χ2v) is 5.07. The molecule has 22 heavy (non-hydrogen) atoms. The zero-order valence-corrected chi connectivity index (χ0v) is 12.8. The van der Waals surface area contributed by atoms with Gasteiger partial charge in [-0.25, -0.2) is 0 Å². The van der Waals surface area contributed by atoms with E-state index in [1.165, 1.54) is 7.11 Å². The largest absolute Gasteiger partial charge is 0.469 e. The number of methoxy groups -OCH3 is 1. The number of carbonyl (C=O) groups excluding carboxylic acids is 2. The number of halogens is 1. The highest BCUT2D eigenvalue weighted by Gasteiger charge is 2.12. The van der Waals surface area contributed by atoms with Crippen LogP contribution in [-0.4, -0.2) is 19.0 Å². The van der Waals surface area contributed by atoms with E-state index in [-0.39, 0.29) is 18.8 Å². The molecule has 0 aromatic heterocycles. The quantitative estimate of drug-likeness (QED) is 0.627. The standard InChI is InChI=1S/C17H15ClO4/c1-21-16(19)11-13-4-2-3-5-15(13)22-17(20)10-12-6-8-14(18)9-7-12/h2-9H,10-11H2,1H3. The van der Waals surface area contributed by atoms with Crippen LogP contribution in [0.15, 0.2) is 48.5 Å². The maximum Gasteiger partial charge on any atom is 0.315 e. The van der Waals surface area contributed by atoms with Crippen molar-refractivity contribution in [3.05, 3.63) is 64.7 Å². The lowest BCUT2D eigenvalue weighted by Crippen LogP contribution is -2.13. The highest BCUT2D eigenvalue weighted by Crippen LogP contribution is 2.20. The molecule has 0 heterocycles. The molecule has 5 heteroatoms. The third-order valence-electron chi connectivity index (χ3n) is 3.02. The molecule has 2 rings (SSSR count). The summed E-state index contributed by atoms with van der Waals surface area (Å²) in [6.45, 7) is 0. The van der Waals surface area contributed by atoms with Crippen LogP contribution in [0, 0.1) is 0 Å². The third-order valence-corrected chi connectivity index (χ3v) is 3.27. The number of hydrogen-bond donors (Lipinski definition) is 0. The van der Waals surface area contributed by atoms with Gasteiger partial charge in [0.1, 0.15) is 5.75 Å². The van der Waals surface area contributed by atoms with E-state index in [1.54, 1.807) is 48.5 Å². The molecule has 2 aromatic carbocycles. The van der Waals surface area contributed by atoms with Crippen LogP contribution in [0.1, 0.15) is 11.1 Å². The van der Waals surface area contributed by atoms with Crippen molar-refractivity contribution in [3.63, 3.8) is 0 Å². The Hall–Kier alpha value is -2.33. The average molecular weight is 319 g/mol. The van der Waals surface area contributed by atoms with Gasteiger partial charge in [0, 0.05) is 10.6 Å². The molecule has 0 aliphatic rings. The summed E-state index contributed by atoms with van der Waals surface area (Å²) < 4.78 is 9.97. The monoisotopic (exact) mass is 318 g/mol. The number of ether oxygens (including phenoxy) is 2. The van der Waals surface area contributed by atoms with Crippen LogP contribution < -0.4 is 4.74 Å². The van der Waals surface area contributed by atoms with Crippen LogP contribution in [0.2, 0.25) is 5.02 Å². The number of para-hydroxylation sites is 1. The molecule has 0 saturated heterocycles. The van der Waals surface area contributed by atoms with Crippen molar-refractivity contribution in [2.24, 2.45) is 0 Å². The Morgan fingerprint density at radius 1 is 0.955 bits per heavy atom. The average Bonchev–Trinajstić information content (AvgIpc) is 2.51. The molecule has 0 radical (unpaired) electrons. The van der Waals surface area contributed by atoms with Gasteiger partial charge in [-0.1, -0.05) is 41.9 Å². The molecule has 0 bridgehead atoms. The van der Waals surface area contributed by atoms with Crippen molar-refractivity contribution in [2.75, 3.05) is 7.11 Å². The zero-order chi connectivity index (χ0) is 15.9. The Balaban J connectivity index is 2.05. The van der Waals surface area contributed by atoms with Gasteiger partial charge in [-0.3, -0.25) is 9.59 Å². The molecular weight excluding hydrogens is 304 g/mol. The van der Waals surface area contributed by atoms with E-state index >= 15 is 0 Å². The highest BCUT2D eigenvalue weighted by atomic mass is 35.5. The predicted octanol–water partition coefficient (Wildman–Crippen LogP) is 3.20. The molecule has 0 spiro atoms. The number of rotatable bonds is 5. The SMILES string of the molecule is COC(=O)Cc1ccccc1OC(=O)Cc1ccc(Cl)cc1. The van der Waals surface area contributed by atoms with E-state index < -0.39 is 5.97 Å². The molecule has 0 unspecified atom stereocenters. The molecule has 0 saturated carbocycles. The number of benzene rings is 2. The molecular formula is C17H15ClO4. The fourth-order valence-corrected chi connectivity index (χ4v) is 2.03. The molecule has 114 valence electrons. The van der Waals surface area contributed by atoms with Crippen molar-refractivity contribution >= 4 is 23.5 Å². The van der Waals surface area contributed by atoms with Gasteiger partial charge in [-0.15, -0.1) is 0 Å². The van der Waals surface area contributed by atoms with Gasteiger partial charge in [-0.2, -0.15) is 0 Å². The van der Waals surface area contributed by atoms with Crippen LogP contribution in [-0.2, 0) is 27.2 Å². The summed E-state index contributed by atoms with van der Waals surface area (Å²) in [6, 6.07) is 13.9. The lowest BCUT2D eigenvalue weighted by molar-refractivity contribution is -0.140. The first-order chi connectivity index (χ1) is 10.6. The number of esters is 2. The molecule has 0 aliphatic carbocycles. The summed E-state index contributed by atoms with van der Waals surface area (Å²) in [7, 11) is 1.32.